The summed E-state index contributed by atoms with van der Waals surface area (Å²) in [6.07, 6.45) is 0. The Hall–Kier alpha value is -2.29. The molecule has 1 amide bonds. The zero-order chi connectivity index (χ0) is 14.5. The van der Waals surface area contributed by atoms with Crippen molar-refractivity contribution in [2.24, 2.45) is 0 Å². The van der Waals surface area contributed by atoms with Crippen molar-refractivity contribution in [3.05, 3.63) is 59.2 Å². The third kappa shape index (κ3) is 3.60. The van der Waals surface area contributed by atoms with Crippen molar-refractivity contribution >= 4 is 17.3 Å². The summed E-state index contributed by atoms with van der Waals surface area (Å²) in [4.78, 5) is 11.9. The first-order valence-corrected chi connectivity index (χ1v) is 6.73. The Labute approximate surface area is 120 Å². The van der Waals surface area contributed by atoms with Gasteiger partial charge in [-0.2, -0.15) is 0 Å². The molecule has 0 heterocycles. The Bertz CT molecular complexity index is 583. The van der Waals surface area contributed by atoms with Crippen LogP contribution in [0.25, 0.3) is 0 Å². The molecule has 0 fully saturated rings. The molecule has 0 aliphatic carbocycles. The van der Waals surface area contributed by atoms with E-state index in [9.17, 15) is 4.79 Å². The number of hydrogen-bond donors (Lipinski definition) is 2. The molecular formula is C17H20N2O. The van der Waals surface area contributed by atoms with E-state index in [-0.39, 0.29) is 12.5 Å². The van der Waals surface area contributed by atoms with E-state index in [2.05, 4.69) is 43.5 Å². The van der Waals surface area contributed by atoms with Gasteiger partial charge in [0.25, 0.3) is 0 Å². The third-order valence-electron chi connectivity index (χ3n) is 3.16. The zero-order valence-electron chi connectivity index (χ0n) is 12.2. The number of hydrogen-bond acceptors (Lipinski definition) is 2. The molecule has 0 bridgehead atoms. The van der Waals surface area contributed by atoms with Gasteiger partial charge in [0.05, 0.1) is 6.54 Å². The highest BCUT2D eigenvalue weighted by molar-refractivity contribution is 5.93. The van der Waals surface area contributed by atoms with Crippen LogP contribution in [0.1, 0.15) is 16.7 Å². The Balaban J connectivity index is 1.97. The molecule has 2 aromatic rings. The van der Waals surface area contributed by atoms with Gasteiger partial charge < -0.3 is 10.6 Å². The maximum Gasteiger partial charge on any atom is 0.243 e. The lowest BCUT2D eigenvalue weighted by atomic mass is 10.1. The van der Waals surface area contributed by atoms with Crippen LogP contribution in [0.15, 0.2) is 42.5 Å². The van der Waals surface area contributed by atoms with E-state index in [0.29, 0.717) is 0 Å². The van der Waals surface area contributed by atoms with Crippen molar-refractivity contribution < 1.29 is 4.79 Å². The average Bonchev–Trinajstić information content (AvgIpc) is 2.38. The lowest BCUT2D eigenvalue weighted by molar-refractivity contribution is -0.114. The van der Waals surface area contributed by atoms with Gasteiger partial charge in [-0.1, -0.05) is 35.9 Å². The molecule has 0 saturated carbocycles. The van der Waals surface area contributed by atoms with Gasteiger partial charge in [0.15, 0.2) is 0 Å². The predicted molar refractivity (Wildman–Crippen MR) is 84.2 cm³/mol. The monoisotopic (exact) mass is 268 g/mol. The molecule has 0 aliphatic rings. The second-order valence-electron chi connectivity index (χ2n) is 5.04. The van der Waals surface area contributed by atoms with E-state index in [1.807, 2.05) is 30.3 Å². The molecule has 2 rings (SSSR count). The maximum absolute atomic E-state index is 11.9. The molecule has 104 valence electrons. The number of para-hydroxylation sites is 1. The summed E-state index contributed by atoms with van der Waals surface area (Å²) in [5, 5.41) is 6.08. The van der Waals surface area contributed by atoms with Gasteiger partial charge in [-0.05, 0) is 44.0 Å². The number of carbonyl (C=O) groups excluding carboxylic acids is 1. The number of aryl methyl sites for hydroxylation is 3. The molecule has 0 atom stereocenters. The minimum atomic E-state index is -0.0458. The van der Waals surface area contributed by atoms with Crippen molar-refractivity contribution in [2.45, 2.75) is 20.8 Å². The third-order valence-corrected chi connectivity index (χ3v) is 3.16. The summed E-state index contributed by atoms with van der Waals surface area (Å²) in [5.74, 6) is -0.0458. The van der Waals surface area contributed by atoms with Crippen LogP contribution in [-0.2, 0) is 4.79 Å². The molecule has 0 saturated heterocycles. The lowest BCUT2D eigenvalue weighted by Gasteiger charge is -2.13. The van der Waals surface area contributed by atoms with Crippen LogP contribution in [0.5, 0.6) is 0 Å². The summed E-state index contributed by atoms with van der Waals surface area (Å²) in [5.41, 5.74) is 5.42. The van der Waals surface area contributed by atoms with Crippen molar-refractivity contribution in [1.82, 2.24) is 0 Å². The first-order valence-electron chi connectivity index (χ1n) is 6.73. The van der Waals surface area contributed by atoms with Crippen LogP contribution in [0, 0.1) is 20.8 Å². The van der Waals surface area contributed by atoms with Gasteiger partial charge in [-0.25, -0.2) is 0 Å². The van der Waals surface area contributed by atoms with Crippen LogP contribution in [0.4, 0.5) is 11.4 Å². The Kier molecular flexibility index (Phi) is 4.41. The van der Waals surface area contributed by atoms with Gasteiger partial charge in [-0.3, -0.25) is 4.79 Å². The second kappa shape index (κ2) is 6.24. The normalized spacial score (nSPS) is 10.2. The lowest BCUT2D eigenvalue weighted by Crippen LogP contribution is -2.22. The smallest absolute Gasteiger partial charge is 0.243 e. The van der Waals surface area contributed by atoms with Crippen molar-refractivity contribution in [2.75, 3.05) is 17.2 Å². The summed E-state index contributed by atoms with van der Waals surface area (Å²) in [6, 6.07) is 13.7. The predicted octanol–water partition coefficient (Wildman–Crippen LogP) is 3.66. The molecule has 0 radical (unpaired) electrons. The van der Waals surface area contributed by atoms with Gasteiger partial charge in [-0.15, -0.1) is 0 Å². The maximum atomic E-state index is 11.9. The molecule has 2 aromatic carbocycles. The highest BCUT2D eigenvalue weighted by Gasteiger charge is 2.06. The molecule has 0 aromatic heterocycles. The van der Waals surface area contributed by atoms with Crippen molar-refractivity contribution in [1.29, 1.82) is 0 Å². The fraction of sp³-hybridized carbons (Fsp3) is 0.235. The quantitative estimate of drug-likeness (QED) is 0.888. The Morgan fingerprint density at radius 3 is 2.20 bits per heavy atom. The molecule has 0 aliphatic heterocycles. The highest BCUT2D eigenvalue weighted by atomic mass is 16.1. The van der Waals surface area contributed by atoms with E-state index in [4.69, 9.17) is 0 Å². The molecule has 0 spiro atoms. The van der Waals surface area contributed by atoms with Crippen molar-refractivity contribution in [3.8, 4) is 0 Å². The fourth-order valence-electron chi connectivity index (χ4n) is 2.35. The summed E-state index contributed by atoms with van der Waals surface area (Å²) < 4.78 is 0. The average molecular weight is 268 g/mol. The molecule has 20 heavy (non-hydrogen) atoms. The largest absolute Gasteiger partial charge is 0.376 e. The summed E-state index contributed by atoms with van der Waals surface area (Å²) in [6.45, 7) is 6.44. The first kappa shape index (κ1) is 14.1. The summed E-state index contributed by atoms with van der Waals surface area (Å²) in [7, 11) is 0. The van der Waals surface area contributed by atoms with Crippen LogP contribution >= 0.6 is 0 Å². The molecule has 3 heteroatoms. The van der Waals surface area contributed by atoms with Crippen LogP contribution in [-0.4, -0.2) is 12.5 Å². The number of nitrogens with one attached hydrogen (secondary N) is 2. The Morgan fingerprint density at radius 1 is 1.00 bits per heavy atom. The van der Waals surface area contributed by atoms with E-state index in [0.717, 1.165) is 22.5 Å². The number of anilines is 2. The molecule has 3 nitrogen and oxygen atoms in total. The van der Waals surface area contributed by atoms with Gasteiger partial charge in [0.1, 0.15) is 0 Å². The van der Waals surface area contributed by atoms with Crippen LogP contribution < -0.4 is 10.6 Å². The minimum absolute atomic E-state index is 0.0458. The molecule has 2 N–H and O–H groups in total. The van der Waals surface area contributed by atoms with E-state index in [1.165, 1.54) is 5.56 Å². The number of benzene rings is 2. The SMILES string of the molecule is Cc1cc(C)c(NCC(=O)Nc2ccccc2)c(C)c1. The topological polar surface area (TPSA) is 41.1 Å². The van der Waals surface area contributed by atoms with Crippen molar-refractivity contribution in [3.63, 3.8) is 0 Å². The molecular weight excluding hydrogens is 248 g/mol. The Morgan fingerprint density at radius 2 is 1.60 bits per heavy atom. The van der Waals surface area contributed by atoms with E-state index in [1.54, 1.807) is 0 Å². The standard InChI is InChI=1S/C17H20N2O/c1-12-9-13(2)17(14(3)10-12)18-11-16(20)19-15-7-5-4-6-8-15/h4-10,18H,11H2,1-3H3,(H,19,20). The minimum Gasteiger partial charge on any atom is -0.376 e. The number of carbonyl (C=O) groups is 1. The highest BCUT2D eigenvalue weighted by Crippen LogP contribution is 2.21. The van der Waals surface area contributed by atoms with Gasteiger partial charge in [0.2, 0.25) is 5.91 Å². The van der Waals surface area contributed by atoms with E-state index >= 15 is 0 Å². The summed E-state index contributed by atoms with van der Waals surface area (Å²) >= 11 is 0. The first-order chi connectivity index (χ1) is 9.56. The second-order valence-corrected chi connectivity index (χ2v) is 5.04. The number of amides is 1. The van der Waals surface area contributed by atoms with Gasteiger partial charge >= 0.3 is 0 Å². The van der Waals surface area contributed by atoms with Crippen LogP contribution in [0.3, 0.4) is 0 Å². The molecule has 0 unspecified atom stereocenters. The van der Waals surface area contributed by atoms with Gasteiger partial charge in [0, 0.05) is 11.4 Å². The fourth-order valence-corrected chi connectivity index (χ4v) is 2.35. The van der Waals surface area contributed by atoms with E-state index < -0.39 is 0 Å². The van der Waals surface area contributed by atoms with Crippen LogP contribution in [0.2, 0.25) is 0 Å². The zero-order valence-corrected chi connectivity index (χ0v) is 12.2. The number of rotatable bonds is 4.